The van der Waals surface area contributed by atoms with Gasteiger partial charge in [-0.2, -0.15) is 0 Å². The molecule has 0 spiro atoms. The second-order valence-electron chi connectivity index (χ2n) is 1.30. The molecule has 0 saturated heterocycles. The molecule has 0 aliphatic rings. The monoisotopic (exact) mass is 122 g/mol. The summed E-state index contributed by atoms with van der Waals surface area (Å²) in [5.74, 6) is 0. The molecule has 2 nitrogen and oxygen atoms in total. The predicted molar refractivity (Wildman–Crippen MR) is 41.2 cm³/mol. The first kappa shape index (κ1) is 7.82. The highest BCUT2D eigenvalue weighted by molar-refractivity contribution is 5.68. The van der Waals surface area contributed by atoms with Crippen molar-refractivity contribution >= 4 is 12.4 Å². The Bertz CT molecular complexity index is 143. The number of nitrogens with one attached hydrogen (secondary N) is 1. The molecule has 0 heterocycles. The molecule has 0 aliphatic carbocycles. The Labute approximate surface area is 55.1 Å². The second kappa shape index (κ2) is 6.82. The van der Waals surface area contributed by atoms with Gasteiger partial charge in [-0.15, -0.1) is 0 Å². The maximum atomic E-state index is 6.60. The van der Waals surface area contributed by atoms with Gasteiger partial charge in [0, 0.05) is 18.6 Å². The third-order valence-electron chi connectivity index (χ3n) is 0.640. The van der Waals surface area contributed by atoms with Gasteiger partial charge in [-0.3, -0.25) is 4.99 Å². The molecule has 0 saturated carbocycles. The molecule has 0 aromatic carbocycles. The van der Waals surface area contributed by atoms with E-state index in [0.717, 1.165) is 0 Å². The molecule has 0 atom stereocenters. The molecule has 2 heteroatoms. The van der Waals surface area contributed by atoms with Crippen LogP contribution in [0.2, 0.25) is 0 Å². The first-order chi connectivity index (χ1) is 4.41. The van der Waals surface area contributed by atoms with E-state index in [2.05, 4.69) is 4.99 Å². The molecule has 0 amide bonds. The molecule has 0 aromatic rings. The summed E-state index contributed by atoms with van der Waals surface area (Å²) in [4.78, 5) is 3.81. The van der Waals surface area contributed by atoms with Crippen molar-refractivity contribution in [2.75, 3.05) is 0 Å². The lowest BCUT2D eigenvalue weighted by Gasteiger charge is -1.69. The average molecular weight is 122 g/mol. The fourth-order valence-electron chi connectivity index (χ4n) is 0.305. The topological polar surface area (TPSA) is 36.2 Å². The summed E-state index contributed by atoms with van der Waals surface area (Å²) in [6, 6.07) is 0. The van der Waals surface area contributed by atoms with Crippen LogP contribution in [0.25, 0.3) is 0 Å². The number of hydrogen-bond acceptors (Lipinski definition) is 2. The van der Waals surface area contributed by atoms with Gasteiger partial charge in [0.2, 0.25) is 0 Å². The fraction of sp³-hybridized carbons (Fsp3) is 0.143. The Morgan fingerprint density at radius 3 is 2.56 bits per heavy atom. The lowest BCUT2D eigenvalue weighted by atomic mass is 10.5. The van der Waals surface area contributed by atoms with Gasteiger partial charge in [-0.25, -0.2) is 0 Å². The van der Waals surface area contributed by atoms with Gasteiger partial charge in [-0.1, -0.05) is 6.08 Å². The molecule has 0 unspecified atom stereocenters. The summed E-state index contributed by atoms with van der Waals surface area (Å²) in [6.07, 6.45) is 9.74. The minimum absolute atomic E-state index is 1.22. The lowest BCUT2D eigenvalue weighted by Crippen LogP contribution is -1.56. The molecule has 0 fully saturated rings. The Kier molecular flexibility index (Phi) is 5.93. The summed E-state index contributed by atoms with van der Waals surface area (Å²) in [7, 11) is 0. The summed E-state index contributed by atoms with van der Waals surface area (Å²) < 4.78 is 0. The van der Waals surface area contributed by atoms with Crippen molar-refractivity contribution in [3.8, 4) is 0 Å². The molecule has 1 N–H and O–H groups in total. The largest absolute Gasteiger partial charge is 0.309 e. The zero-order valence-corrected chi connectivity index (χ0v) is 5.41. The molecule has 0 rings (SSSR count). The summed E-state index contributed by atoms with van der Waals surface area (Å²) >= 11 is 0. The van der Waals surface area contributed by atoms with Crippen LogP contribution in [0.15, 0.2) is 29.4 Å². The van der Waals surface area contributed by atoms with E-state index in [1.165, 1.54) is 6.21 Å². The smallest absolute Gasteiger partial charge is 0.0263 e. The van der Waals surface area contributed by atoms with Crippen molar-refractivity contribution < 1.29 is 0 Å². The number of rotatable bonds is 3. The normalized spacial score (nSPS) is 12.1. The minimum atomic E-state index is 1.22. The van der Waals surface area contributed by atoms with Crippen molar-refractivity contribution in [1.82, 2.24) is 0 Å². The summed E-state index contributed by atoms with van der Waals surface area (Å²) in [5.41, 5.74) is 0. The van der Waals surface area contributed by atoms with Crippen molar-refractivity contribution in [3.05, 3.63) is 24.4 Å². The molecule has 48 valence electrons. The molecule has 0 aromatic heterocycles. The highest BCUT2D eigenvalue weighted by Crippen LogP contribution is 1.75. The highest BCUT2D eigenvalue weighted by Gasteiger charge is 1.57. The molecular weight excluding hydrogens is 112 g/mol. The summed E-state index contributed by atoms with van der Waals surface area (Å²) in [6.45, 7) is 1.85. The average Bonchev–Trinajstić information content (AvgIpc) is 1.89. The Morgan fingerprint density at radius 1 is 1.22 bits per heavy atom. The molecule has 0 aliphatic heterocycles. The number of nitrogens with zero attached hydrogens (tertiary/aromatic N) is 1. The van der Waals surface area contributed by atoms with Crippen LogP contribution in [0.5, 0.6) is 0 Å². The zero-order chi connectivity index (χ0) is 6.95. The quantitative estimate of drug-likeness (QED) is 0.437. The highest BCUT2D eigenvalue weighted by atomic mass is 14.6. The van der Waals surface area contributed by atoms with Crippen LogP contribution < -0.4 is 0 Å². The van der Waals surface area contributed by atoms with E-state index >= 15 is 0 Å². The second-order valence-corrected chi connectivity index (χ2v) is 1.30. The SMILES string of the molecule is CC=NC=CC=CC=N. The van der Waals surface area contributed by atoms with E-state index in [1.54, 1.807) is 30.6 Å². The van der Waals surface area contributed by atoms with E-state index in [-0.39, 0.29) is 0 Å². The van der Waals surface area contributed by atoms with Crippen LogP contribution in [-0.2, 0) is 0 Å². The molecule has 9 heavy (non-hydrogen) atoms. The van der Waals surface area contributed by atoms with Gasteiger partial charge in [-0.05, 0) is 19.1 Å². The van der Waals surface area contributed by atoms with Crippen LogP contribution in [0.1, 0.15) is 6.92 Å². The zero-order valence-electron chi connectivity index (χ0n) is 5.41. The van der Waals surface area contributed by atoms with E-state index in [1.807, 2.05) is 6.92 Å². The van der Waals surface area contributed by atoms with Crippen LogP contribution in [0.4, 0.5) is 0 Å². The van der Waals surface area contributed by atoms with Crippen molar-refractivity contribution in [1.29, 1.82) is 5.41 Å². The Balaban J connectivity index is 3.46. The van der Waals surface area contributed by atoms with E-state index in [4.69, 9.17) is 5.41 Å². The molecule has 0 bridgehead atoms. The van der Waals surface area contributed by atoms with E-state index < -0.39 is 0 Å². The maximum Gasteiger partial charge on any atom is 0.0263 e. The third-order valence-corrected chi connectivity index (χ3v) is 0.640. The van der Waals surface area contributed by atoms with Crippen LogP contribution in [0, 0.1) is 5.41 Å². The van der Waals surface area contributed by atoms with E-state index in [0.29, 0.717) is 0 Å². The van der Waals surface area contributed by atoms with Crippen LogP contribution in [-0.4, -0.2) is 12.4 Å². The first-order valence-electron chi connectivity index (χ1n) is 2.72. The van der Waals surface area contributed by atoms with Crippen LogP contribution >= 0.6 is 0 Å². The molecular formula is C7H10N2. The third kappa shape index (κ3) is 6.82. The van der Waals surface area contributed by atoms with Gasteiger partial charge >= 0.3 is 0 Å². The van der Waals surface area contributed by atoms with Gasteiger partial charge < -0.3 is 5.41 Å². The van der Waals surface area contributed by atoms with E-state index in [9.17, 15) is 0 Å². The number of hydrogen-bond donors (Lipinski definition) is 1. The van der Waals surface area contributed by atoms with Crippen molar-refractivity contribution in [3.63, 3.8) is 0 Å². The van der Waals surface area contributed by atoms with Gasteiger partial charge in [0.15, 0.2) is 0 Å². The molecule has 0 radical (unpaired) electrons. The summed E-state index contributed by atoms with van der Waals surface area (Å²) in [5, 5.41) is 6.60. The standard InChI is InChI=1S/C7H10N2/c1-2-9-7-5-3-4-6-8/h2-8H,1H3. The predicted octanol–water partition coefficient (Wildman–Crippen LogP) is 1.80. The fourth-order valence-corrected chi connectivity index (χ4v) is 0.305. The van der Waals surface area contributed by atoms with Crippen molar-refractivity contribution in [2.45, 2.75) is 6.92 Å². The number of allylic oxidation sites excluding steroid dienone is 3. The Morgan fingerprint density at radius 2 is 2.00 bits per heavy atom. The van der Waals surface area contributed by atoms with Crippen molar-refractivity contribution in [2.24, 2.45) is 4.99 Å². The number of aliphatic imine (C=N–C) groups is 1. The van der Waals surface area contributed by atoms with Gasteiger partial charge in [0.25, 0.3) is 0 Å². The van der Waals surface area contributed by atoms with Gasteiger partial charge in [0.1, 0.15) is 0 Å². The lowest BCUT2D eigenvalue weighted by molar-refractivity contribution is 1.56. The van der Waals surface area contributed by atoms with Crippen LogP contribution in [0.3, 0.4) is 0 Å². The minimum Gasteiger partial charge on any atom is -0.309 e. The van der Waals surface area contributed by atoms with Gasteiger partial charge in [0.05, 0.1) is 0 Å². The maximum absolute atomic E-state index is 6.60. The first-order valence-corrected chi connectivity index (χ1v) is 2.72. The Hall–Kier alpha value is -1.18.